The first-order valence-corrected chi connectivity index (χ1v) is 11.0. The van der Waals surface area contributed by atoms with Gasteiger partial charge in [0.1, 0.15) is 22.2 Å². The van der Waals surface area contributed by atoms with Crippen molar-refractivity contribution in [2.45, 2.75) is 6.92 Å². The third-order valence-electron chi connectivity index (χ3n) is 5.35. The van der Waals surface area contributed by atoms with Gasteiger partial charge in [-0.1, -0.05) is 23.7 Å². The third-order valence-corrected chi connectivity index (χ3v) is 5.70. The van der Waals surface area contributed by atoms with E-state index in [1.165, 1.54) is 14.2 Å². The van der Waals surface area contributed by atoms with E-state index in [9.17, 15) is 14.4 Å². The zero-order valence-electron chi connectivity index (χ0n) is 19.2. The molecule has 0 atom stereocenters. The molecule has 0 radical (unpaired) electrons. The number of rotatable bonds is 7. The van der Waals surface area contributed by atoms with Crippen LogP contribution in [0.3, 0.4) is 0 Å². The molecule has 0 aromatic heterocycles. The van der Waals surface area contributed by atoms with Crippen LogP contribution in [0.25, 0.3) is 0 Å². The van der Waals surface area contributed by atoms with Gasteiger partial charge >= 0.3 is 0 Å². The Hall–Kier alpha value is -4.30. The number of carbonyl (C=O) groups is 3. The second kappa shape index (κ2) is 9.90. The van der Waals surface area contributed by atoms with E-state index >= 15 is 0 Å². The van der Waals surface area contributed by atoms with E-state index in [-0.39, 0.29) is 28.1 Å². The van der Waals surface area contributed by atoms with E-state index in [2.05, 4.69) is 10.6 Å². The summed E-state index contributed by atoms with van der Waals surface area (Å²) in [6.07, 6.45) is 0. The lowest BCUT2D eigenvalue weighted by Gasteiger charge is -2.18. The lowest BCUT2D eigenvalue weighted by atomic mass is 10.1. The molecule has 2 N–H and O–H groups in total. The Morgan fingerprint density at radius 3 is 2.29 bits per heavy atom. The summed E-state index contributed by atoms with van der Waals surface area (Å²) < 4.78 is 10.5. The normalized spacial score (nSPS) is 13.2. The fourth-order valence-electron chi connectivity index (χ4n) is 3.58. The molecule has 0 bridgehead atoms. The van der Waals surface area contributed by atoms with Crippen molar-refractivity contribution in [3.8, 4) is 11.5 Å². The molecule has 0 fully saturated rings. The Morgan fingerprint density at radius 1 is 0.886 bits per heavy atom. The second-order valence-electron chi connectivity index (χ2n) is 7.70. The first-order chi connectivity index (χ1) is 16.8. The number of nitrogens with zero attached hydrogens (tertiary/aromatic N) is 1. The largest absolute Gasteiger partial charge is 0.497 e. The number of hydrogen-bond acceptors (Lipinski definition) is 6. The van der Waals surface area contributed by atoms with Crippen molar-refractivity contribution >= 4 is 46.4 Å². The molecule has 1 aliphatic heterocycles. The van der Waals surface area contributed by atoms with Gasteiger partial charge in [-0.3, -0.25) is 14.4 Å². The van der Waals surface area contributed by atoms with Gasteiger partial charge in [0.15, 0.2) is 0 Å². The lowest BCUT2D eigenvalue weighted by molar-refractivity contribution is -0.120. The number of anilines is 3. The first kappa shape index (κ1) is 23.8. The molecule has 1 heterocycles. The molecule has 0 spiro atoms. The number of benzene rings is 3. The molecule has 8 nitrogen and oxygen atoms in total. The van der Waals surface area contributed by atoms with Crippen LogP contribution < -0.4 is 25.0 Å². The first-order valence-electron chi connectivity index (χ1n) is 10.6. The zero-order valence-corrected chi connectivity index (χ0v) is 20.0. The summed E-state index contributed by atoms with van der Waals surface area (Å²) in [4.78, 5) is 39.4. The molecule has 3 aromatic carbocycles. The quantitative estimate of drug-likeness (QED) is 0.465. The van der Waals surface area contributed by atoms with Crippen molar-refractivity contribution in [2.24, 2.45) is 0 Å². The molecule has 0 aliphatic carbocycles. The van der Waals surface area contributed by atoms with E-state index in [4.69, 9.17) is 21.1 Å². The Bertz CT molecular complexity index is 1350. The van der Waals surface area contributed by atoms with Crippen LogP contribution in [0.1, 0.15) is 15.9 Å². The monoisotopic (exact) mass is 491 g/mol. The fourth-order valence-corrected chi connectivity index (χ4v) is 3.79. The zero-order chi connectivity index (χ0) is 25.1. The molecule has 4 rings (SSSR count). The highest BCUT2D eigenvalue weighted by Gasteiger charge is 2.40. The number of halogens is 1. The Kier molecular flexibility index (Phi) is 6.75. The third kappa shape index (κ3) is 4.83. The summed E-state index contributed by atoms with van der Waals surface area (Å²) in [7, 11) is 2.92. The van der Waals surface area contributed by atoms with Crippen LogP contribution in [0, 0.1) is 6.92 Å². The van der Waals surface area contributed by atoms with Crippen molar-refractivity contribution in [1.29, 1.82) is 0 Å². The highest BCUT2D eigenvalue weighted by molar-refractivity contribution is 6.53. The number of aryl methyl sites for hydroxylation is 1. The molecule has 0 unspecified atom stereocenters. The Labute approximate surface area is 207 Å². The van der Waals surface area contributed by atoms with Crippen molar-refractivity contribution in [1.82, 2.24) is 0 Å². The average Bonchev–Trinajstić information content (AvgIpc) is 3.07. The minimum atomic E-state index is -0.684. The van der Waals surface area contributed by atoms with Crippen LogP contribution in [0.2, 0.25) is 0 Å². The fraction of sp³-hybridized carbons (Fsp3) is 0.115. The molecule has 0 saturated carbocycles. The van der Waals surface area contributed by atoms with Crippen LogP contribution in [0.15, 0.2) is 77.5 Å². The Balaban J connectivity index is 1.51. The number of ether oxygens (including phenoxy) is 2. The number of nitrogens with one attached hydrogen (secondary N) is 2. The average molecular weight is 492 g/mol. The standard InChI is InChI=1S/C26H22ClN3O5/c1-15-5-4-6-18(13-15)29-24(31)16-7-9-17(10-8-16)28-23-22(27)25(32)30(26(23)33)20-12-11-19(34-2)14-21(20)35-3/h4-14,28H,1-3H3,(H,29,31). The van der Waals surface area contributed by atoms with Crippen molar-refractivity contribution in [2.75, 3.05) is 29.8 Å². The SMILES string of the molecule is COc1ccc(N2C(=O)C(Cl)=C(Nc3ccc(C(=O)Nc4cccc(C)c4)cc3)C2=O)c(OC)c1. The van der Waals surface area contributed by atoms with Crippen LogP contribution in [-0.2, 0) is 9.59 Å². The maximum Gasteiger partial charge on any atom is 0.283 e. The van der Waals surface area contributed by atoms with Gasteiger partial charge in [0.05, 0.1) is 19.9 Å². The van der Waals surface area contributed by atoms with Gasteiger partial charge in [0, 0.05) is 23.0 Å². The number of hydrogen-bond donors (Lipinski definition) is 2. The summed E-state index contributed by atoms with van der Waals surface area (Å²) in [5.74, 6) is -0.805. The smallest absolute Gasteiger partial charge is 0.283 e. The van der Waals surface area contributed by atoms with Gasteiger partial charge in [0.25, 0.3) is 17.7 Å². The highest BCUT2D eigenvalue weighted by Crippen LogP contribution is 2.37. The van der Waals surface area contributed by atoms with Gasteiger partial charge in [0.2, 0.25) is 0 Å². The number of imide groups is 1. The van der Waals surface area contributed by atoms with Crippen molar-refractivity contribution in [3.63, 3.8) is 0 Å². The van der Waals surface area contributed by atoms with Crippen LogP contribution in [0.4, 0.5) is 17.1 Å². The number of amides is 3. The van der Waals surface area contributed by atoms with Crippen LogP contribution in [0.5, 0.6) is 11.5 Å². The topological polar surface area (TPSA) is 97.0 Å². The summed E-state index contributed by atoms with van der Waals surface area (Å²) >= 11 is 6.23. The molecular formula is C26H22ClN3O5. The molecule has 35 heavy (non-hydrogen) atoms. The minimum Gasteiger partial charge on any atom is -0.497 e. The molecule has 3 amide bonds. The second-order valence-corrected chi connectivity index (χ2v) is 8.08. The summed E-state index contributed by atoms with van der Waals surface area (Å²) in [6.45, 7) is 1.94. The van der Waals surface area contributed by atoms with Gasteiger partial charge in [-0.15, -0.1) is 0 Å². The molecule has 178 valence electrons. The van der Waals surface area contributed by atoms with E-state index in [0.29, 0.717) is 22.7 Å². The van der Waals surface area contributed by atoms with Gasteiger partial charge in [-0.05, 0) is 61.0 Å². The number of carbonyl (C=O) groups excluding carboxylic acids is 3. The summed E-state index contributed by atoms with van der Waals surface area (Å²) in [5.41, 5.74) is 2.79. The summed E-state index contributed by atoms with van der Waals surface area (Å²) in [5, 5.41) is 5.48. The van der Waals surface area contributed by atoms with Crippen LogP contribution >= 0.6 is 11.6 Å². The lowest BCUT2D eigenvalue weighted by Crippen LogP contribution is -2.32. The van der Waals surface area contributed by atoms with E-state index in [0.717, 1.165) is 10.5 Å². The van der Waals surface area contributed by atoms with Crippen molar-refractivity contribution < 1.29 is 23.9 Å². The maximum atomic E-state index is 13.1. The molecule has 0 saturated heterocycles. The molecule has 9 heteroatoms. The molecule has 1 aliphatic rings. The number of methoxy groups -OCH3 is 2. The summed E-state index contributed by atoms with van der Waals surface area (Å²) in [6, 6.07) is 18.7. The van der Waals surface area contributed by atoms with Gasteiger partial charge < -0.3 is 20.1 Å². The minimum absolute atomic E-state index is 0.0773. The maximum absolute atomic E-state index is 13.1. The van der Waals surface area contributed by atoms with E-state index in [1.54, 1.807) is 42.5 Å². The highest BCUT2D eigenvalue weighted by atomic mass is 35.5. The van der Waals surface area contributed by atoms with Crippen LogP contribution in [-0.4, -0.2) is 31.9 Å². The van der Waals surface area contributed by atoms with E-state index < -0.39 is 11.8 Å². The predicted molar refractivity (Wildman–Crippen MR) is 134 cm³/mol. The van der Waals surface area contributed by atoms with Gasteiger partial charge in [-0.25, -0.2) is 4.90 Å². The predicted octanol–water partition coefficient (Wildman–Crippen LogP) is 4.70. The van der Waals surface area contributed by atoms with E-state index in [1.807, 2.05) is 31.2 Å². The molecule has 3 aromatic rings. The van der Waals surface area contributed by atoms with Gasteiger partial charge in [-0.2, -0.15) is 0 Å². The van der Waals surface area contributed by atoms with Crippen molar-refractivity contribution in [3.05, 3.63) is 88.6 Å². The Morgan fingerprint density at radius 2 is 1.63 bits per heavy atom. The molecular weight excluding hydrogens is 470 g/mol.